The number of nitrogens with zero attached hydrogens (tertiary/aromatic N) is 1. The summed E-state index contributed by atoms with van der Waals surface area (Å²) in [5.41, 5.74) is 0. The summed E-state index contributed by atoms with van der Waals surface area (Å²) in [6.07, 6.45) is 2.27. The van der Waals surface area contributed by atoms with Crippen molar-refractivity contribution in [1.82, 2.24) is 0 Å². The van der Waals surface area contributed by atoms with Crippen LogP contribution in [0.25, 0.3) is 0 Å². The van der Waals surface area contributed by atoms with Crippen LogP contribution in [0.2, 0.25) is 0 Å². The summed E-state index contributed by atoms with van der Waals surface area (Å²) >= 11 is 0. The van der Waals surface area contributed by atoms with Gasteiger partial charge in [0.15, 0.2) is 0 Å². The van der Waals surface area contributed by atoms with Gasteiger partial charge in [-0.25, -0.2) is 0 Å². The van der Waals surface area contributed by atoms with E-state index in [1.54, 1.807) is 0 Å². The molecule has 0 aliphatic heterocycles. The minimum absolute atomic E-state index is 0.398. The maximum atomic E-state index is 8.25. The van der Waals surface area contributed by atoms with Crippen LogP contribution in [0.3, 0.4) is 0 Å². The molecule has 1 heteroatoms. The van der Waals surface area contributed by atoms with E-state index in [9.17, 15) is 0 Å². The van der Waals surface area contributed by atoms with Gasteiger partial charge in [-0.05, 0) is 18.8 Å². The first kappa shape index (κ1) is 4.64. The Morgan fingerprint density at radius 2 is 2.14 bits per heavy atom. The molecule has 1 nitrogen and oxygen atoms in total. The maximum absolute atomic E-state index is 8.25. The van der Waals surface area contributed by atoms with E-state index >= 15 is 0 Å². The molecule has 1 fully saturated rings. The summed E-state index contributed by atoms with van der Waals surface area (Å²) in [7, 11) is 0. The number of hydrogen-bond donors (Lipinski definition) is 0. The van der Waals surface area contributed by atoms with E-state index in [0.29, 0.717) is 5.92 Å². The molecule has 1 saturated carbocycles. The lowest BCUT2D eigenvalue weighted by Gasteiger charge is -2.26. The zero-order valence-electron chi connectivity index (χ0n) is 4.52. The first-order chi connectivity index (χ1) is 3.33. The summed E-state index contributed by atoms with van der Waals surface area (Å²) < 4.78 is 0. The van der Waals surface area contributed by atoms with Gasteiger partial charge in [-0.2, -0.15) is 5.26 Å². The van der Waals surface area contributed by atoms with Crippen molar-refractivity contribution in [2.45, 2.75) is 19.8 Å². The van der Waals surface area contributed by atoms with Gasteiger partial charge in [-0.3, -0.25) is 0 Å². The summed E-state index contributed by atoms with van der Waals surface area (Å²) in [4.78, 5) is 0. The van der Waals surface area contributed by atoms with Crippen LogP contribution < -0.4 is 0 Å². The fraction of sp³-hybridized carbons (Fsp3) is 0.833. The van der Waals surface area contributed by atoms with Crippen molar-refractivity contribution in [2.24, 2.45) is 11.8 Å². The normalized spacial score (nSPS) is 38.9. The second-order valence-corrected chi connectivity index (χ2v) is 2.40. The summed E-state index contributed by atoms with van der Waals surface area (Å²) in [6, 6.07) is 2.23. The molecular formula is C6H9N. The average Bonchev–Trinajstić information content (AvgIpc) is 1.58. The zero-order valence-corrected chi connectivity index (χ0v) is 4.52. The van der Waals surface area contributed by atoms with Gasteiger partial charge in [0.25, 0.3) is 0 Å². The lowest BCUT2D eigenvalue weighted by atomic mass is 9.77. The first-order valence-corrected chi connectivity index (χ1v) is 2.72. The summed E-state index contributed by atoms with van der Waals surface area (Å²) in [5, 5.41) is 8.25. The highest BCUT2D eigenvalue weighted by molar-refractivity contribution is 4.91. The highest BCUT2D eigenvalue weighted by Crippen LogP contribution is 2.31. The van der Waals surface area contributed by atoms with E-state index in [1.165, 1.54) is 0 Å². The minimum Gasteiger partial charge on any atom is -0.198 e. The highest BCUT2D eigenvalue weighted by Gasteiger charge is 2.24. The van der Waals surface area contributed by atoms with Crippen LogP contribution in [0.4, 0.5) is 0 Å². The van der Waals surface area contributed by atoms with Crippen LogP contribution in [0, 0.1) is 23.2 Å². The van der Waals surface area contributed by atoms with Crippen molar-refractivity contribution in [1.29, 1.82) is 5.26 Å². The van der Waals surface area contributed by atoms with Crippen molar-refractivity contribution >= 4 is 0 Å². The molecule has 0 bridgehead atoms. The van der Waals surface area contributed by atoms with E-state index in [1.807, 2.05) is 0 Å². The Morgan fingerprint density at radius 3 is 2.29 bits per heavy atom. The molecule has 0 radical (unpaired) electrons. The van der Waals surface area contributed by atoms with Crippen molar-refractivity contribution in [2.75, 3.05) is 0 Å². The van der Waals surface area contributed by atoms with Crippen molar-refractivity contribution in [3.63, 3.8) is 0 Å². The van der Waals surface area contributed by atoms with Gasteiger partial charge >= 0.3 is 0 Å². The molecular weight excluding hydrogens is 86.1 g/mol. The van der Waals surface area contributed by atoms with Gasteiger partial charge in [0, 0.05) is 5.92 Å². The monoisotopic (exact) mass is 95.1 g/mol. The molecule has 0 N–H and O–H groups in total. The number of nitriles is 1. The van der Waals surface area contributed by atoms with Crippen molar-refractivity contribution in [3.05, 3.63) is 0 Å². The number of rotatable bonds is 0. The van der Waals surface area contributed by atoms with Gasteiger partial charge in [0.05, 0.1) is 6.07 Å². The molecule has 0 aromatic carbocycles. The predicted octanol–water partition coefficient (Wildman–Crippen LogP) is 1.56. The molecule has 0 saturated heterocycles. The Labute approximate surface area is 44.0 Å². The fourth-order valence-corrected chi connectivity index (χ4v) is 1.01. The standard InChI is InChI=1S/C6H9N/c1-5-2-6(3-5)4-7/h5-6H,2-3H2,1H3/t5-,6+. The second-order valence-electron chi connectivity index (χ2n) is 2.40. The van der Waals surface area contributed by atoms with E-state index in [0.717, 1.165) is 18.8 Å². The van der Waals surface area contributed by atoms with Crippen molar-refractivity contribution in [3.8, 4) is 6.07 Å². The van der Waals surface area contributed by atoms with Gasteiger partial charge in [-0.15, -0.1) is 0 Å². The molecule has 38 valence electrons. The molecule has 0 unspecified atom stereocenters. The fourth-order valence-electron chi connectivity index (χ4n) is 1.01. The smallest absolute Gasteiger partial charge is 0.0655 e. The summed E-state index contributed by atoms with van der Waals surface area (Å²) in [6.45, 7) is 2.19. The quantitative estimate of drug-likeness (QED) is 0.448. The van der Waals surface area contributed by atoms with Gasteiger partial charge in [0.1, 0.15) is 0 Å². The van der Waals surface area contributed by atoms with Crippen molar-refractivity contribution < 1.29 is 0 Å². The average molecular weight is 95.1 g/mol. The maximum Gasteiger partial charge on any atom is 0.0655 e. The lowest BCUT2D eigenvalue weighted by molar-refractivity contribution is 0.270. The molecule has 1 aliphatic carbocycles. The molecule has 0 aromatic rings. The molecule has 0 spiro atoms. The minimum atomic E-state index is 0.398. The van der Waals surface area contributed by atoms with Crippen LogP contribution in [0.5, 0.6) is 0 Å². The van der Waals surface area contributed by atoms with Crippen LogP contribution in [-0.4, -0.2) is 0 Å². The Hall–Kier alpha value is -0.510. The van der Waals surface area contributed by atoms with E-state index in [4.69, 9.17) is 5.26 Å². The van der Waals surface area contributed by atoms with E-state index in [2.05, 4.69) is 13.0 Å². The zero-order chi connectivity index (χ0) is 5.28. The second kappa shape index (κ2) is 1.54. The summed E-state index contributed by atoms with van der Waals surface area (Å²) in [5.74, 6) is 1.22. The Morgan fingerprint density at radius 1 is 1.57 bits per heavy atom. The Bertz CT molecular complexity index is 95.2. The molecule has 1 aliphatic rings. The van der Waals surface area contributed by atoms with Crippen LogP contribution in [0.1, 0.15) is 19.8 Å². The molecule has 0 heterocycles. The third kappa shape index (κ3) is 0.742. The molecule has 1 rings (SSSR count). The van der Waals surface area contributed by atoms with Crippen LogP contribution in [0.15, 0.2) is 0 Å². The predicted molar refractivity (Wildman–Crippen MR) is 27.5 cm³/mol. The third-order valence-corrected chi connectivity index (χ3v) is 1.56. The highest BCUT2D eigenvalue weighted by atomic mass is 14.3. The topological polar surface area (TPSA) is 23.8 Å². The first-order valence-electron chi connectivity index (χ1n) is 2.72. The van der Waals surface area contributed by atoms with Gasteiger partial charge in [-0.1, -0.05) is 6.92 Å². The van der Waals surface area contributed by atoms with Crippen LogP contribution >= 0.6 is 0 Å². The third-order valence-electron chi connectivity index (χ3n) is 1.56. The van der Waals surface area contributed by atoms with Gasteiger partial charge in [0.2, 0.25) is 0 Å². The Kier molecular flexibility index (Phi) is 1.02. The molecule has 0 atom stereocenters. The SMILES string of the molecule is C[C@H]1C[C@@H](C#N)C1. The van der Waals surface area contributed by atoms with Gasteiger partial charge < -0.3 is 0 Å². The molecule has 7 heavy (non-hydrogen) atoms. The lowest BCUT2D eigenvalue weighted by Crippen LogP contribution is -2.18. The molecule has 0 amide bonds. The largest absolute Gasteiger partial charge is 0.198 e. The Balaban J connectivity index is 2.21. The number of hydrogen-bond acceptors (Lipinski definition) is 1. The molecule has 0 aromatic heterocycles. The van der Waals surface area contributed by atoms with E-state index < -0.39 is 0 Å². The van der Waals surface area contributed by atoms with Crippen LogP contribution in [-0.2, 0) is 0 Å². The van der Waals surface area contributed by atoms with E-state index in [-0.39, 0.29) is 0 Å².